The van der Waals surface area contributed by atoms with E-state index in [-0.39, 0.29) is 29.7 Å². The van der Waals surface area contributed by atoms with Crippen molar-refractivity contribution in [1.29, 1.82) is 0 Å². The van der Waals surface area contributed by atoms with Gasteiger partial charge in [-0.15, -0.1) is 11.3 Å². The molecule has 1 amide bonds. The number of thioether (sulfide) groups is 1. The number of halogens is 1. The van der Waals surface area contributed by atoms with Gasteiger partial charge in [0.2, 0.25) is 5.91 Å². The Labute approximate surface area is 203 Å². The van der Waals surface area contributed by atoms with Crippen molar-refractivity contribution in [1.82, 2.24) is 19.7 Å². The normalized spacial score (nSPS) is 12.0. The zero-order chi connectivity index (χ0) is 24.2. The van der Waals surface area contributed by atoms with Gasteiger partial charge in [0.25, 0.3) is 0 Å². The third kappa shape index (κ3) is 4.80. The maximum atomic E-state index is 13.4. The number of thiophene rings is 1. The number of nitrogens with one attached hydrogen (secondary N) is 1. The second kappa shape index (κ2) is 10.3. The summed E-state index contributed by atoms with van der Waals surface area (Å²) in [7, 11) is 1.64. The Balaban J connectivity index is 1.62. The number of carbonyl (C=O) groups is 2. The minimum atomic E-state index is -0.550. The molecule has 4 rings (SSSR count). The fourth-order valence-corrected chi connectivity index (χ4v) is 5.39. The van der Waals surface area contributed by atoms with Crippen LogP contribution in [0.1, 0.15) is 30.6 Å². The summed E-state index contributed by atoms with van der Waals surface area (Å²) in [5, 5.41) is 9.84. The predicted molar refractivity (Wildman–Crippen MR) is 131 cm³/mol. The molecular formula is C23H22FN5O3S2. The van der Waals surface area contributed by atoms with E-state index in [1.165, 1.54) is 52.4 Å². The van der Waals surface area contributed by atoms with E-state index in [0.717, 1.165) is 21.3 Å². The van der Waals surface area contributed by atoms with Crippen LogP contribution in [0.3, 0.4) is 0 Å². The van der Waals surface area contributed by atoms with E-state index in [4.69, 9.17) is 4.74 Å². The summed E-state index contributed by atoms with van der Waals surface area (Å²) < 4.78 is 19.9. The van der Waals surface area contributed by atoms with Gasteiger partial charge in [-0.1, -0.05) is 30.8 Å². The smallest absolute Gasteiger partial charge is 0.343 e. The highest BCUT2D eigenvalue weighted by molar-refractivity contribution is 8.00. The molecule has 0 fully saturated rings. The summed E-state index contributed by atoms with van der Waals surface area (Å²) in [6, 6.07) is 6.24. The summed E-state index contributed by atoms with van der Waals surface area (Å²) in [6.45, 7) is 3.83. The Kier molecular flexibility index (Phi) is 7.23. The van der Waals surface area contributed by atoms with Crippen molar-refractivity contribution in [2.75, 3.05) is 11.9 Å². The monoisotopic (exact) mass is 499 g/mol. The number of amides is 1. The lowest BCUT2D eigenvalue weighted by Gasteiger charge is -2.16. The van der Waals surface area contributed by atoms with E-state index in [1.807, 2.05) is 12.3 Å². The Morgan fingerprint density at radius 1 is 1.24 bits per heavy atom. The van der Waals surface area contributed by atoms with Gasteiger partial charge in [0.1, 0.15) is 33.4 Å². The molecule has 3 heterocycles. The highest BCUT2D eigenvalue weighted by atomic mass is 32.2. The predicted octanol–water partition coefficient (Wildman–Crippen LogP) is 4.92. The number of hydrogen-bond donors (Lipinski definition) is 1. The van der Waals surface area contributed by atoms with Crippen LogP contribution in [-0.2, 0) is 16.6 Å². The zero-order valence-electron chi connectivity index (χ0n) is 18.7. The van der Waals surface area contributed by atoms with Crippen LogP contribution < -0.4 is 5.32 Å². The molecule has 1 unspecified atom stereocenters. The molecule has 3 aromatic heterocycles. The Morgan fingerprint density at radius 3 is 2.71 bits per heavy atom. The lowest BCUT2D eigenvalue weighted by atomic mass is 10.1. The third-order valence-electron chi connectivity index (χ3n) is 5.08. The summed E-state index contributed by atoms with van der Waals surface area (Å²) in [4.78, 5) is 35.0. The third-order valence-corrected chi connectivity index (χ3v) is 7.33. The highest BCUT2D eigenvalue weighted by Gasteiger charge is 2.25. The SMILES string of the molecule is CCOC(=O)c1cnn(C)c1NC(=O)C(CC)Sc1ncnc2scc(-c3ccc(F)cc3)c12. The minimum Gasteiger partial charge on any atom is -0.462 e. The van der Waals surface area contributed by atoms with Gasteiger partial charge < -0.3 is 10.1 Å². The lowest BCUT2D eigenvalue weighted by Crippen LogP contribution is -2.27. The number of ether oxygens (including phenoxy) is 1. The molecular weight excluding hydrogens is 477 g/mol. The number of rotatable bonds is 8. The molecule has 8 nitrogen and oxygen atoms in total. The first-order valence-electron chi connectivity index (χ1n) is 10.6. The van der Waals surface area contributed by atoms with Crippen molar-refractivity contribution in [3.05, 3.63) is 53.6 Å². The average Bonchev–Trinajstić information content (AvgIpc) is 3.42. The molecule has 1 N–H and O–H groups in total. The molecule has 0 saturated carbocycles. The molecule has 4 aromatic rings. The van der Waals surface area contributed by atoms with Crippen molar-refractivity contribution in [2.45, 2.75) is 30.5 Å². The first-order chi connectivity index (χ1) is 16.4. The van der Waals surface area contributed by atoms with Crippen LogP contribution in [0.4, 0.5) is 10.2 Å². The van der Waals surface area contributed by atoms with E-state index in [9.17, 15) is 14.0 Å². The second-order valence-corrected chi connectivity index (χ2v) is 9.32. The van der Waals surface area contributed by atoms with Crippen molar-refractivity contribution < 1.29 is 18.7 Å². The number of esters is 1. The van der Waals surface area contributed by atoms with Crippen LogP contribution >= 0.6 is 23.1 Å². The summed E-state index contributed by atoms with van der Waals surface area (Å²) in [5.74, 6) is -0.870. The van der Waals surface area contributed by atoms with Gasteiger partial charge in [0.05, 0.1) is 23.4 Å². The number of benzene rings is 1. The van der Waals surface area contributed by atoms with E-state index in [0.29, 0.717) is 11.4 Å². The largest absolute Gasteiger partial charge is 0.462 e. The molecule has 0 bridgehead atoms. The maximum Gasteiger partial charge on any atom is 0.343 e. The van der Waals surface area contributed by atoms with Gasteiger partial charge in [0.15, 0.2) is 0 Å². The molecule has 0 spiro atoms. The topological polar surface area (TPSA) is 99.0 Å². The van der Waals surface area contributed by atoms with Crippen LogP contribution in [-0.4, -0.2) is 43.5 Å². The van der Waals surface area contributed by atoms with Crippen molar-refractivity contribution >= 4 is 51.0 Å². The number of aryl methyl sites for hydroxylation is 1. The van der Waals surface area contributed by atoms with Crippen molar-refractivity contribution in [3.63, 3.8) is 0 Å². The van der Waals surface area contributed by atoms with E-state index < -0.39 is 11.2 Å². The minimum absolute atomic E-state index is 0.193. The van der Waals surface area contributed by atoms with Crippen LogP contribution in [0.25, 0.3) is 21.3 Å². The number of fused-ring (bicyclic) bond motifs is 1. The number of hydrogen-bond acceptors (Lipinski definition) is 8. The molecule has 0 aliphatic heterocycles. The molecule has 176 valence electrons. The molecule has 0 aliphatic carbocycles. The van der Waals surface area contributed by atoms with Gasteiger partial charge >= 0.3 is 5.97 Å². The van der Waals surface area contributed by atoms with Crippen LogP contribution in [0, 0.1) is 5.82 Å². The van der Waals surface area contributed by atoms with Gasteiger partial charge in [-0.05, 0) is 31.0 Å². The number of nitrogens with zero attached hydrogens (tertiary/aromatic N) is 4. The maximum absolute atomic E-state index is 13.4. The molecule has 11 heteroatoms. The zero-order valence-corrected chi connectivity index (χ0v) is 20.4. The number of anilines is 1. The first kappa shape index (κ1) is 23.8. The second-order valence-electron chi connectivity index (χ2n) is 7.27. The van der Waals surface area contributed by atoms with E-state index >= 15 is 0 Å². The van der Waals surface area contributed by atoms with Gasteiger partial charge in [-0.3, -0.25) is 9.48 Å². The fraction of sp³-hybridized carbons (Fsp3) is 0.261. The standard InChI is InChI=1S/C23H22FN5O3S2/c1-4-17(20(30)28-19-15(10-27-29(19)3)23(31)32-5-2)34-22-18-16(11-33-21(18)25-12-26-22)13-6-8-14(24)9-7-13/h6-12,17H,4-5H2,1-3H3,(H,28,30). The first-order valence-corrected chi connectivity index (χ1v) is 12.3. The summed E-state index contributed by atoms with van der Waals surface area (Å²) in [6.07, 6.45) is 3.36. The number of aromatic nitrogens is 4. The molecule has 0 radical (unpaired) electrons. The van der Waals surface area contributed by atoms with E-state index in [1.54, 1.807) is 26.1 Å². The Hall–Kier alpha value is -3.31. The van der Waals surface area contributed by atoms with Gasteiger partial charge in [-0.2, -0.15) is 5.10 Å². The van der Waals surface area contributed by atoms with Crippen molar-refractivity contribution in [2.24, 2.45) is 7.05 Å². The average molecular weight is 500 g/mol. The molecule has 1 aromatic carbocycles. The summed E-state index contributed by atoms with van der Waals surface area (Å²) in [5.41, 5.74) is 1.92. The van der Waals surface area contributed by atoms with Crippen molar-refractivity contribution in [3.8, 4) is 11.1 Å². The molecule has 1 atom stereocenters. The van der Waals surface area contributed by atoms with Gasteiger partial charge in [0, 0.05) is 18.0 Å². The van der Waals surface area contributed by atoms with Gasteiger partial charge in [-0.25, -0.2) is 19.2 Å². The number of carbonyl (C=O) groups excluding carboxylic acids is 2. The summed E-state index contributed by atoms with van der Waals surface area (Å²) >= 11 is 2.78. The Morgan fingerprint density at radius 2 is 2.00 bits per heavy atom. The van der Waals surface area contributed by atoms with Crippen LogP contribution in [0.2, 0.25) is 0 Å². The molecule has 0 aliphatic rings. The fourth-order valence-electron chi connectivity index (χ4n) is 3.38. The van der Waals surface area contributed by atoms with Crippen LogP contribution in [0.15, 0.2) is 47.2 Å². The highest BCUT2D eigenvalue weighted by Crippen LogP contribution is 2.39. The Bertz CT molecular complexity index is 1340. The van der Waals surface area contributed by atoms with Crippen LogP contribution in [0.5, 0.6) is 0 Å². The molecule has 0 saturated heterocycles. The lowest BCUT2D eigenvalue weighted by molar-refractivity contribution is -0.115. The van der Waals surface area contributed by atoms with E-state index in [2.05, 4.69) is 20.4 Å². The quantitative estimate of drug-likeness (QED) is 0.209. The molecule has 34 heavy (non-hydrogen) atoms.